The molecule has 1 fully saturated rings. The Balaban J connectivity index is 1.21. The highest BCUT2D eigenvalue weighted by molar-refractivity contribution is 5.95. The van der Waals surface area contributed by atoms with E-state index in [4.69, 9.17) is 9.72 Å². The monoisotopic (exact) mass is 749 g/mol. The van der Waals surface area contributed by atoms with Crippen molar-refractivity contribution in [3.8, 4) is 17.1 Å². The van der Waals surface area contributed by atoms with Crippen molar-refractivity contribution in [3.63, 3.8) is 0 Å². The zero-order valence-corrected chi connectivity index (χ0v) is 31.2. The number of benzene rings is 2. The molecule has 7 rings (SSSR count). The van der Waals surface area contributed by atoms with Crippen molar-refractivity contribution in [3.05, 3.63) is 96.1 Å². The highest BCUT2D eigenvalue weighted by Gasteiger charge is 2.34. The number of amides is 5. The molecule has 0 spiro atoms. The lowest BCUT2D eigenvalue weighted by atomic mass is 9.94. The number of hydrogen-bond acceptors (Lipinski definition) is 9. The van der Waals surface area contributed by atoms with Gasteiger partial charge in [-0.2, -0.15) is 5.10 Å². The summed E-state index contributed by atoms with van der Waals surface area (Å²) in [5.41, 5.74) is 2.05. The zero-order valence-electron chi connectivity index (χ0n) is 31.2. The fraction of sp³-hybridized carbons (Fsp3) is 0.400. The van der Waals surface area contributed by atoms with Gasteiger partial charge in [0.25, 0.3) is 5.91 Å². The first-order valence-corrected chi connectivity index (χ1v) is 18.6. The predicted molar refractivity (Wildman–Crippen MR) is 202 cm³/mol. The molecule has 288 valence electrons. The maximum atomic E-state index is 14.1. The van der Waals surface area contributed by atoms with Crippen LogP contribution >= 0.6 is 0 Å². The van der Waals surface area contributed by atoms with E-state index in [-0.39, 0.29) is 49.8 Å². The van der Waals surface area contributed by atoms with Crippen LogP contribution in [0.15, 0.2) is 79.1 Å². The van der Waals surface area contributed by atoms with E-state index in [0.29, 0.717) is 48.9 Å². The number of carbonyl (C=O) groups is 5. The maximum Gasteiger partial charge on any atom is 0.253 e. The highest BCUT2D eigenvalue weighted by Crippen LogP contribution is 2.22. The van der Waals surface area contributed by atoms with Crippen molar-refractivity contribution < 1.29 is 28.7 Å². The van der Waals surface area contributed by atoms with Gasteiger partial charge in [0.05, 0.1) is 12.6 Å². The van der Waals surface area contributed by atoms with E-state index in [9.17, 15) is 24.0 Å². The van der Waals surface area contributed by atoms with Crippen LogP contribution in [0.5, 0.6) is 5.75 Å². The summed E-state index contributed by atoms with van der Waals surface area (Å²) in [5, 5.41) is 16.3. The number of piperidine rings is 1. The Labute approximate surface area is 319 Å². The fourth-order valence-corrected chi connectivity index (χ4v) is 6.69. The summed E-state index contributed by atoms with van der Waals surface area (Å²) in [6.45, 7) is 6.49. The van der Waals surface area contributed by atoms with Crippen LogP contribution in [0.4, 0.5) is 0 Å². The Kier molecular flexibility index (Phi) is 12.5. The summed E-state index contributed by atoms with van der Waals surface area (Å²) in [4.78, 5) is 78.1. The predicted octanol–water partition coefficient (Wildman–Crippen LogP) is 2.45. The van der Waals surface area contributed by atoms with Gasteiger partial charge in [-0.25, -0.2) is 9.67 Å². The Hall–Kier alpha value is -6.12. The third kappa shape index (κ3) is 9.90. The zero-order chi connectivity index (χ0) is 38.9. The van der Waals surface area contributed by atoms with Crippen molar-refractivity contribution in [1.82, 2.24) is 45.9 Å². The van der Waals surface area contributed by atoms with E-state index in [1.54, 1.807) is 48.5 Å². The smallest absolute Gasteiger partial charge is 0.253 e. The molecule has 2 aromatic heterocycles. The van der Waals surface area contributed by atoms with Gasteiger partial charge in [-0.15, -0.1) is 0 Å². The second kappa shape index (κ2) is 17.8. The average molecular weight is 750 g/mol. The largest absolute Gasteiger partial charge is 0.492 e. The third-order valence-electron chi connectivity index (χ3n) is 9.79. The Bertz CT molecular complexity index is 1960. The summed E-state index contributed by atoms with van der Waals surface area (Å²) in [7, 11) is 0. The van der Waals surface area contributed by atoms with E-state index in [1.165, 1.54) is 4.68 Å². The summed E-state index contributed by atoms with van der Waals surface area (Å²) in [6.07, 6.45) is 4.18. The van der Waals surface area contributed by atoms with Crippen molar-refractivity contribution in [2.45, 2.75) is 64.7 Å². The third-order valence-corrected chi connectivity index (χ3v) is 9.79. The van der Waals surface area contributed by atoms with Gasteiger partial charge in [-0.3, -0.25) is 29.0 Å². The van der Waals surface area contributed by atoms with E-state index in [2.05, 4.69) is 31.3 Å². The number of nitrogens with one attached hydrogen (secondary N) is 4. The van der Waals surface area contributed by atoms with Gasteiger partial charge < -0.3 is 30.9 Å². The molecule has 5 heterocycles. The van der Waals surface area contributed by atoms with Gasteiger partial charge in [0, 0.05) is 48.9 Å². The lowest BCUT2D eigenvalue weighted by Gasteiger charge is -2.32. The van der Waals surface area contributed by atoms with Crippen LogP contribution in [0, 0.1) is 11.8 Å². The summed E-state index contributed by atoms with van der Waals surface area (Å²) >= 11 is 0. The molecule has 1 saturated heterocycles. The van der Waals surface area contributed by atoms with Crippen molar-refractivity contribution >= 4 is 29.5 Å². The minimum absolute atomic E-state index is 0.114. The van der Waals surface area contributed by atoms with Crippen LogP contribution in [0.3, 0.4) is 0 Å². The second-order valence-corrected chi connectivity index (χ2v) is 14.2. The number of hydrogen-bond donors (Lipinski definition) is 4. The molecular formula is C40H47N9O6. The molecule has 3 aliphatic rings. The molecule has 2 bridgehead atoms. The number of nitrogens with zero attached hydrogens (tertiary/aromatic N) is 5. The average Bonchev–Trinajstić information content (AvgIpc) is 3.62. The standard InChI is InChI=1S/C40H47N9O6/c1-25(2)34-39(53)43-26(3)36-46-35(28-7-5-4-6-8-28)47-49(36)24-33(50)42-19-22-55-31-11-9-27(10-12-31)23-32(38(52)45-34)44-37(51)29-15-20-48(21-16-29)40(54)30-13-17-41-18-14-30/h4-14,17-18,25-26,29,32,34H,15-16,19-24H2,1-3H3,(H,42,50)(H,43,53)(H,44,51)(H,45,52)/t26-,32-,34+/m0/s1. The van der Waals surface area contributed by atoms with Gasteiger partial charge in [-0.05, 0) is 55.5 Å². The molecule has 0 radical (unpaired) electrons. The first-order valence-electron chi connectivity index (χ1n) is 18.6. The van der Waals surface area contributed by atoms with Crippen molar-refractivity contribution in [1.29, 1.82) is 0 Å². The van der Waals surface area contributed by atoms with Gasteiger partial charge >= 0.3 is 0 Å². The molecule has 5 amide bonds. The van der Waals surface area contributed by atoms with Crippen LogP contribution in [0.25, 0.3) is 11.4 Å². The van der Waals surface area contributed by atoms with E-state index in [0.717, 1.165) is 11.1 Å². The van der Waals surface area contributed by atoms with Crippen LogP contribution in [0.2, 0.25) is 0 Å². The van der Waals surface area contributed by atoms with E-state index in [1.807, 2.05) is 56.3 Å². The first kappa shape index (κ1) is 38.6. The van der Waals surface area contributed by atoms with Gasteiger partial charge in [-0.1, -0.05) is 56.3 Å². The SMILES string of the molecule is CC(C)[C@H]1NC(=O)[C@@H](NC(=O)C2CCN(C(=O)c3ccncc3)CC2)Cc2ccc(cc2)OCCNC(=O)Cn2nc(-c3ccccc3)nc2[C@H](C)NC1=O. The summed E-state index contributed by atoms with van der Waals surface area (Å²) < 4.78 is 7.33. The van der Waals surface area contributed by atoms with Crippen LogP contribution in [-0.2, 0) is 32.1 Å². The molecule has 3 atom stereocenters. The minimum Gasteiger partial charge on any atom is -0.492 e. The van der Waals surface area contributed by atoms with Crippen molar-refractivity contribution in [2.75, 3.05) is 26.2 Å². The molecule has 3 aliphatic heterocycles. The molecular weight excluding hydrogens is 702 g/mol. The van der Waals surface area contributed by atoms with Gasteiger partial charge in [0.15, 0.2) is 5.82 Å². The number of pyridine rings is 1. The molecule has 15 nitrogen and oxygen atoms in total. The van der Waals surface area contributed by atoms with Crippen LogP contribution in [-0.4, -0.2) is 92.5 Å². The second-order valence-electron chi connectivity index (χ2n) is 14.2. The van der Waals surface area contributed by atoms with Gasteiger partial charge in [0.1, 0.15) is 36.8 Å². The van der Waals surface area contributed by atoms with Crippen LogP contribution < -0.4 is 26.0 Å². The molecule has 55 heavy (non-hydrogen) atoms. The number of rotatable bonds is 5. The lowest BCUT2D eigenvalue weighted by Crippen LogP contribution is -2.57. The number of fused-ring (bicyclic) bond motifs is 14. The molecule has 0 saturated carbocycles. The quantitative estimate of drug-likeness (QED) is 0.238. The lowest BCUT2D eigenvalue weighted by molar-refractivity contribution is -0.134. The maximum absolute atomic E-state index is 14.1. The Morgan fingerprint density at radius 2 is 1.62 bits per heavy atom. The highest BCUT2D eigenvalue weighted by atomic mass is 16.5. The molecule has 0 unspecified atom stereocenters. The molecule has 0 aliphatic carbocycles. The number of ether oxygens (including phenoxy) is 1. The number of carbonyl (C=O) groups excluding carboxylic acids is 5. The normalized spacial score (nSPS) is 20.4. The van der Waals surface area contributed by atoms with E-state index >= 15 is 0 Å². The Morgan fingerprint density at radius 3 is 2.31 bits per heavy atom. The van der Waals surface area contributed by atoms with Crippen molar-refractivity contribution in [2.24, 2.45) is 11.8 Å². The summed E-state index contributed by atoms with van der Waals surface area (Å²) in [5.74, 6) is -1.08. The molecule has 2 aromatic carbocycles. The summed E-state index contributed by atoms with van der Waals surface area (Å²) in [6, 6.07) is 17.1. The molecule has 4 aromatic rings. The van der Waals surface area contributed by atoms with E-state index < -0.39 is 35.9 Å². The van der Waals surface area contributed by atoms with Gasteiger partial charge in [0.2, 0.25) is 23.6 Å². The number of aromatic nitrogens is 4. The minimum atomic E-state index is -1.00. The Morgan fingerprint density at radius 1 is 0.909 bits per heavy atom. The topological polar surface area (TPSA) is 190 Å². The fourth-order valence-electron chi connectivity index (χ4n) is 6.69. The van der Waals surface area contributed by atoms with Crippen LogP contribution in [0.1, 0.15) is 61.4 Å². The molecule has 15 heteroatoms. The molecule has 4 N–H and O–H groups in total. The number of likely N-dealkylation sites (tertiary alicyclic amines) is 1. The first-order chi connectivity index (χ1) is 26.5.